The molecule has 1 amide bonds. The van der Waals surface area contributed by atoms with Crippen LogP contribution in [0, 0.1) is 6.92 Å². The minimum atomic E-state index is -0.605. The van der Waals surface area contributed by atoms with Crippen LogP contribution in [0.15, 0.2) is 71.3 Å². The Labute approximate surface area is 156 Å². The highest BCUT2D eigenvalue weighted by molar-refractivity contribution is 5.94. The van der Waals surface area contributed by atoms with Crippen molar-refractivity contribution < 1.29 is 18.8 Å². The van der Waals surface area contributed by atoms with Crippen molar-refractivity contribution >= 4 is 23.8 Å². The summed E-state index contributed by atoms with van der Waals surface area (Å²) >= 11 is 0. The topological polar surface area (TPSA) is 81.4 Å². The van der Waals surface area contributed by atoms with Gasteiger partial charge in [-0.25, -0.2) is 4.79 Å². The van der Waals surface area contributed by atoms with Crippen LogP contribution in [0.2, 0.25) is 0 Å². The zero-order valence-corrected chi connectivity index (χ0v) is 14.7. The van der Waals surface area contributed by atoms with E-state index in [1.807, 2.05) is 61.5 Å². The molecule has 27 heavy (non-hydrogen) atoms. The maximum absolute atomic E-state index is 11.9. The lowest BCUT2D eigenvalue weighted by molar-refractivity contribution is -0.142. The second kappa shape index (κ2) is 8.62. The van der Waals surface area contributed by atoms with Crippen LogP contribution in [-0.4, -0.2) is 23.6 Å². The van der Waals surface area contributed by atoms with Crippen molar-refractivity contribution in [2.24, 2.45) is 0 Å². The Hall–Kier alpha value is -3.67. The van der Waals surface area contributed by atoms with Gasteiger partial charge in [0, 0.05) is 17.7 Å². The highest BCUT2D eigenvalue weighted by Gasteiger charge is 2.11. The number of amides is 1. The van der Waals surface area contributed by atoms with Gasteiger partial charge in [0.1, 0.15) is 5.69 Å². The number of carbonyl (C=O) groups excluding carboxylic acids is 2. The van der Waals surface area contributed by atoms with Gasteiger partial charge in [-0.2, -0.15) is 0 Å². The van der Waals surface area contributed by atoms with Gasteiger partial charge in [0.05, 0.1) is 0 Å². The SMILES string of the molecule is Cc1ccc(-c2cc(NC(=O)COC(=O)/C=C/c3ccccc3)on2)cc1. The lowest BCUT2D eigenvalue weighted by Crippen LogP contribution is -2.19. The molecule has 0 aliphatic rings. The number of nitrogens with zero attached hydrogens (tertiary/aromatic N) is 1. The van der Waals surface area contributed by atoms with Gasteiger partial charge >= 0.3 is 5.97 Å². The first-order chi connectivity index (χ1) is 13.1. The van der Waals surface area contributed by atoms with Crippen molar-refractivity contribution in [1.29, 1.82) is 0 Å². The molecule has 0 aliphatic heterocycles. The monoisotopic (exact) mass is 362 g/mol. The highest BCUT2D eigenvalue weighted by Crippen LogP contribution is 2.21. The second-order valence-electron chi connectivity index (χ2n) is 5.84. The fraction of sp³-hybridized carbons (Fsp3) is 0.0952. The smallest absolute Gasteiger partial charge is 0.331 e. The number of aryl methyl sites for hydroxylation is 1. The molecule has 0 bridgehead atoms. The Morgan fingerprint density at radius 3 is 2.59 bits per heavy atom. The molecule has 0 saturated heterocycles. The van der Waals surface area contributed by atoms with Crippen LogP contribution in [0.4, 0.5) is 5.88 Å². The van der Waals surface area contributed by atoms with E-state index in [-0.39, 0.29) is 5.88 Å². The van der Waals surface area contributed by atoms with E-state index < -0.39 is 18.5 Å². The van der Waals surface area contributed by atoms with E-state index in [4.69, 9.17) is 9.26 Å². The summed E-state index contributed by atoms with van der Waals surface area (Å²) in [5.41, 5.74) is 3.48. The first kappa shape index (κ1) is 18.1. The van der Waals surface area contributed by atoms with Crippen LogP contribution in [0.1, 0.15) is 11.1 Å². The van der Waals surface area contributed by atoms with Crippen molar-refractivity contribution in [2.45, 2.75) is 6.92 Å². The standard InChI is InChI=1S/C21H18N2O4/c1-15-7-10-17(11-8-15)18-13-20(27-23-18)22-19(24)14-26-21(25)12-9-16-5-3-2-4-6-16/h2-13H,14H2,1H3,(H,22,24)/b12-9+. The Morgan fingerprint density at radius 1 is 1.11 bits per heavy atom. The predicted molar refractivity (Wildman–Crippen MR) is 102 cm³/mol. The number of benzene rings is 2. The number of ether oxygens (including phenoxy) is 1. The average molecular weight is 362 g/mol. The van der Waals surface area contributed by atoms with E-state index in [9.17, 15) is 9.59 Å². The van der Waals surface area contributed by atoms with Crippen molar-refractivity contribution in [2.75, 3.05) is 11.9 Å². The number of hydrogen-bond donors (Lipinski definition) is 1. The van der Waals surface area contributed by atoms with Gasteiger partial charge in [-0.3, -0.25) is 10.1 Å². The fourth-order valence-corrected chi connectivity index (χ4v) is 2.28. The molecule has 0 spiro atoms. The first-order valence-corrected chi connectivity index (χ1v) is 8.33. The first-order valence-electron chi connectivity index (χ1n) is 8.33. The van der Waals surface area contributed by atoms with E-state index in [1.165, 1.54) is 6.08 Å². The largest absolute Gasteiger partial charge is 0.452 e. The number of esters is 1. The van der Waals surface area contributed by atoms with Gasteiger partial charge in [0.25, 0.3) is 5.91 Å². The minimum absolute atomic E-state index is 0.187. The third-order valence-electron chi connectivity index (χ3n) is 3.68. The molecule has 0 atom stereocenters. The summed E-state index contributed by atoms with van der Waals surface area (Å²) in [4.78, 5) is 23.5. The van der Waals surface area contributed by atoms with Crippen molar-refractivity contribution in [3.63, 3.8) is 0 Å². The molecule has 1 aromatic heterocycles. The van der Waals surface area contributed by atoms with Crippen LogP contribution >= 0.6 is 0 Å². The van der Waals surface area contributed by atoms with Crippen LogP contribution in [0.5, 0.6) is 0 Å². The second-order valence-corrected chi connectivity index (χ2v) is 5.84. The van der Waals surface area contributed by atoms with Gasteiger partial charge in [-0.05, 0) is 18.6 Å². The van der Waals surface area contributed by atoms with Gasteiger partial charge in [0.15, 0.2) is 6.61 Å². The summed E-state index contributed by atoms with van der Waals surface area (Å²) in [6.45, 7) is 1.58. The van der Waals surface area contributed by atoms with E-state index >= 15 is 0 Å². The molecule has 0 unspecified atom stereocenters. The van der Waals surface area contributed by atoms with Crippen LogP contribution < -0.4 is 5.32 Å². The lowest BCUT2D eigenvalue weighted by atomic mass is 10.1. The Kier molecular flexibility index (Phi) is 5.79. The Morgan fingerprint density at radius 2 is 1.85 bits per heavy atom. The van der Waals surface area contributed by atoms with E-state index in [1.54, 1.807) is 12.1 Å². The number of anilines is 1. The zero-order valence-electron chi connectivity index (χ0n) is 14.7. The quantitative estimate of drug-likeness (QED) is 0.532. The van der Waals surface area contributed by atoms with Gasteiger partial charge in [-0.1, -0.05) is 65.3 Å². The molecule has 3 rings (SSSR count). The third-order valence-corrected chi connectivity index (χ3v) is 3.68. The maximum atomic E-state index is 11.9. The highest BCUT2D eigenvalue weighted by atomic mass is 16.5. The molecule has 0 radical (unpaired) electrons. The van der Waals surface area contributed by atoms with E-state index in [0.29, 0.717) is 5.69 Å². The molecule has 0 fully saturated rings. The maximum Gasteiger partial charge on any atom is 0.331 e. The van der Waals surface area contributed by atoms with Crippen LogP contribution in [-0.2, 0) is 14.3 Å². The molecule has 0 aliphatic carbocycles. The third kappa shape index (κ3) is 5.40. The number of carbonyl (C=O) groups is 2. The summed E-state index contributed by atoms with van der Waals surface area (Å²) in [6, 6.07) is 18.7. The summed E-state index contributed by atoms with van der Waals surface area (Å²) < 4.78 is 10.00. The van der Waals surface area contributed by atoms with E-state index in [0.717, 1.165) is 16.7 Å². The van der Waals surface area contributed by atoms with Crippen molar-refractivity contribution in [3.05, 3.63) is 77.9 Å². The van der Waals surface area contributed by atoms with Crippen LogP contribution in [0.3, 0.4) is 0 Å². The number of aromatic nitrogens is 1. The van der Waals surface area contributed by atoms with Gasteiger partial charge < -0.3 is 9.26 Å². The Bertz CT molecular complexity index is 944. The number of nitrogens with one attached hydrogen (secondary N) is 1. The molecule has 6 nitrogen and oxygen atoms in total. The molecule has 2 aromatic carbocycles. The predicted octanol–water partition coefficient (Wildman–Crippen LogP) is 3.85. The molecule has 1 N–H and O–H groups in total. The summed E-state index contributed by atoms with van der Waals surface area (Å²) in [5.74, 6) is -0.929. The molecule has 6 heteroatoms. The zero-order chi connectivity index (χ0) is 19.1. The van der Waals surface area contributed by atoms with E-state index in [2.05, 4.69) is 10.5 Å². The molecular formula is C21H18N2O4. The van der Waals surface area contributed by atoms with Gasteiger partial charge in [0.2, 0.25) is 5.88 Å². The molecule has 1 heterocycles. The van der Waals surface area contributed by atoms with Crippen molar-refractivity contribution in [1.82, 2.24) is 5.16 Å². The number of rotatable bonds is 6. The summed E-state index contributed by atoms with van der Waals surface area (Å²) in [7, 11) is 0. The minimum Gasteiger partial charge on any atom is -0.452 e. The molecule has 0 saturated carbocycles. The summed E-state index contributed by atoms with van der Waals surface area (Å²) in [5, 5.41) is 6.42. The summed E-state index contributed by atoms with van der Waals surface area (Å²) in [6.07, 6.45) is 2.89. The number of hydrogen-bond acceptors (Lipinski definition) is 5. The normalized spacial score (nSPS) is 10.7. The average Bonchev–Trinajstić information content (AvgIpc) is 3.14. The molecule has 136 valence electrons. The lowest BCUT2D eigenvalue weighted by Gasteiger charge is -2.01. The van der Waals surface area contributed by atoms with Crippen molar-refractivity contribution in [3.8, 4) is 11.3 Å². The van der Waals surface area contributed by atoms with Crippen LogP contribution in [0.25, 0.3) is 17.3 Å². The Balaban J connectivity index is 1.49. The molecule has 3 aromatic rings. The van der Waals surface area contributed by atoms with Gasteiger partial charge in [-0.15, -0.1) is 0 Å². The fourth-order valence-electron chi connectivity index (χ4n) is 2.28. The molecular weight excluding hydrogens is 344 g/mol.